The van der Waals surface area contributed by atoms with Gasteiger partial charge in [-0.1, -0.05) is 47.6 Å². The summed E-state index contributed by atoms with van der Waals surface area (Å²) in [6, 6.07) is 6.97. The highest BCUT2D eigenvalue weighted by molar-refractivity contribution is 5.97. The standard InChI is InChI=1S/C16H15N3O3/c17-19-18-14-7-4-11(5-8-14)2-1-3-12-10-13(16(21)22)6-9-15(12)20/h1-5,7-8,13H,6,9-10H2,(H,21,22). The molecule has 1 atom stereocenters. The number of carboxylic acid groups (broad SMARTS) is 1. The number of aliphatic carboxylic acids is 1. The number of ketones is 1. The van der Waals surface area contributed by atoms with Crippen LogP contribution in [0, 0.1) is 5.92 Å². The number of carbonyl (C=O) groups excluding carboxylic acids is 1. The molecule has 0 aliphatic heterocycles. The number of hydrogen-bond acceptors (Lipinski definition) is 3. The van der Waals surface area contributed by atoms with E-state index in [-0.39, 0.29) is 18.6 Å². The third kappa shape index (κ3) is 4.07. The third-order valence-electron chi connectivity index (χ3n) is 3.53. The molecule has 0 spiro atoms. The zero-order chi connectivity index (χ0) is 15.9. The van der Waals surface area contributed by atoms with Crippen LogP contribution in [0.25, 0.3) is 16.5 Å². The average Bonchev–Trinajstić information content (AvgIpc) is 2.51. The first-order valence-corrected chi connectivity index (χ1v) is 6.88. The van der Waals surface area contributed by atoms with E-state index in [1.165, 1.54) is 0 Å². The van der Waals surface area contributed by atoms with Crippen LogP contribution in [0.3, 0.4) is 0 Å². The van der Waals surface area contributed by atoms with E-state index in [0.29, 0.717) is 17.7 Å². The summed E-state index contributed by atoms with van der Waals surface area (Å²) in [7, 11) is 0. The maximum absolute atomic E-state index is 11.8. The van der Waals surface area contributed by atoms with E-state index in [4.69, 9.17) is 10.6 Å². The number of Topliss-reactive ketones (excluding diaryl/α,β-unsaturated/α-hetero) is 1. The van der Waals surface area contributed by atoms with E-state index < -0.39 is 11.9 Å². The molecule has 6 nitrogen and oxygen atoms in total. The lowest BCUT2D eigenvalue weighted by Crippen LogP contribution is -2.23. The molecule has 0 saturated heterocycles. The number of carboxylic acids is 1. The van der Waals surface area contributed by atoms with Gasteiger partial charge in [0.2, 0.25) is 0 Å². The summed E-state index contributed by atoms with van der Waals surface area (Å²) in [6.45, 7) is 0. The van der Waals surface area contributed by atoms with Crippen molar-refractivity contribution in [2.24, 2.45) is 11.0 Å². The Kier molecular flexibility index (Phi) is 5.11. The monoisotopic (exact) mass is 297 g/mol. The Morgan fingerprint density at radius 1 is 1.36 bits per heavy atom. The summed E-state index contributed by atoms with van der Waals surface area (Å²) in [6.07, 6.45) is 6.21. The van der Waals surface area contributed by atoms with Crippen molar-refractivity contribution in [3.8, 4) is 0 Å². The van der Waals surface area contributed by atoms with Gasteiger partial charge in [0.15, 0.2) is 5.78 Å². The van der Waals surface area contributed by atoms with Crippen LogP contribution < -0.4 is 0 Å². The van der Waals surface area contributed by atoms with E-state index in [9.17, 15) is 9.59 Å². The molecule has 1 N–H and O–H groups in total. The summed E-state index contributed by atoms with van der Waals surface area (Å²) < 4.78 is 0. The van der Waals surface area contributed by atoms with Crippen LogP contribution in [0.2, 0.25) is 0 Å². The zero-order valence-electron chi connectivity index (χ0n) is 11.8. The molecule has 1 saturated carbocycles. The Labute approximate surface area is 127 Å². The molecule has 1 unspecified atom stereocenters. The van der Waals surface area contributed by atoms with E-state index in [2.05, 4.69) is 10.0 Å². The van der Waals surface area contributed by atoms with Gasteiger partial charge in [0.05, 0.1) is 5.92 Å². The average molecular weight is 297 g/mol. The topological polar surface area (TPSA) is 103 Å². The molecular weight excluding hydrogens is 282 g/mol. The highest BCUT2D eigenvalue weighted by Gasteiger charge is 2.27. The summed E-state index contributed by atoms with van der Waals surface area (Å²) in [4.78, 5) is 25.5. The number of allylic oxidation sites excluding steroid dienone is 3. The van der Waals surface area contributed by atoms with Crippen molar-refractivity contribution >= 4 is 23.5 Å². The minimum absolute atomic E-state index is 0.0147. The summed E-state index contributed by atoms with van der Waals surface area (Å²) in [5.41, 5.74) is 10.3. The summed E-state index contributed by atoms with van der Waals surface area (Å²) in [5.74, 6) is -1.31. The van der Waals surface area contributed by atoms with Crippen molar-refractivity contribution in [2.45, 2.75) is 19.3 Å². The SMILES string of the molecule is [N-]=[N+]=Nc1ccc(C=CC=C2CC(C(=O)O)CCC2=O)cc1. The Bertz CT molecular complexity index is 683. The van der Waals surface area contributed by atoms with Crippen LogP contribution in [0.5, 0.6) is 0 Å². The summed E-state index contributed by atoms with van der Waals surface area (Å²) in [5, 5.41) is 12.5. The Morgan fingerprint density at radius 3 is 2.73 bits per heavy atom. The lowest BCUT2D eigenvalue weighted by atomic mass is 9.84. The second kappa shape index (κ2) is 7.24. The molecule has 1 fully saturated rings. The smallest absolute Gasteiger partial charge is 0.306 e. The van der Waals surface area contributed by atoms with Crippen LogP contribution in [0.1, 0.15) is 24.8 Å². The van der Waals surface area contributed by atoms with Crippen molar-refractivity contribution in [3.05, 3.63) is 58.0 Å². The van der Waals surface area contributed by atoms with Crippen molar-refractivity contribution < 1.29 is 14.7 Å². The van der Waals surface area contributed by atoms with E-state index >= 15 is 0 Å². The molecule has 2 rings (SSSR count). The number of rotatable bonds is 4. The molecule has 0 aromatic heterocycles. The number of nitrogens with zero attached hydrogens (tertiary/aromatic N) is 3. The normalized spacial score (nSPS) is 20.1. The minimum atomic E-state index is -0.851. The predicted molar refractivity (Wildman–Crippen MR) is 82.3 cm³/mol. The highest BCUT2D eigenvalue weighted by atomic mass is 16.4. The van der Waals surface area contributed by atoms with E-state index in [1.54, 1.807) is 36.4 Å². The van der Waals surface area contributed by atoms with Crippen LogP contribution in [-0.2, 0) is 9.59 Å². The lowest BCUT2D eigenvalue weighted by molar-refractivity contribution is -0.142. The summed E-state index contributed by atoms with van der Waals surface area (Å²) >= 11 is 0. The van der Waals surface area contributed by atoms with Gasteiger partial charge < -0.3 is 5.11 Å². The molecule has 1 aliphatic rings. The van der Waals surface area contributed by atoms with Gasteiger partial charge in [0.25, 0.3) is 0 Å². The van der Waals surface area contributed by atoms with Crippen LogP contribution in [-0.4, -0.2) is 16.9 Å². The minimum Gasteiger partial charge on any atom is -0.481 e. The van der Waals surface area contributed by atoms with Crippen LogP contribution in [0.4, 0.5) is 5.69 Å². The van der Waals surface area contributed by atoms with Gasteiger partial charge in [0.1, 0.15) is 0 Å². The maximum Gasteiger partial charge on any atom is 0.306 e. The molecule has 6 heteroatoms. The number of hydrogen-bond donors (Lipinski definition) is 1. The van der Waals surface area contributed by atoms with Gasteiger partial charge in [-0.25, -0.2) is 0 Å². The fourth-order valence-electron chi connectivity index (χ4n) is 2.30. The van der Waals surface area contributed by atoms with Crippen LogP contribution >= 0.6 is 0 Å². The molecule has 0 bridgehead atoms. The Hall–Kier alpha value is -2.85. The van der Waals surface area contributed by atoms with Crippen molar-refractivity contribution in [1.29, 1.82) is 0 Å². The second-order valence-electron chi connectivity index (χ2n) is 5.03. The lowest BCUT2D eigenvalue weighted by Gasteiger charge is -2.19. The first kappa shape index (κ1) is 15.5. The van der Waals surface area contributed by atoms with Gasteiger partial charge in [-0.15, -0.1) is 0 Å². The Morgan fingerprint density at radius 2 is 2.09 bits per heavy atom. The van der Waals surface area contributed by atoms with Gasteiger partial charge in [0, 0.05) is 17.0 Å². The molecule has 22 heavy (non-hydrogen) atoms. The molecule has 112 valence electrons. The first-order valence-electron chi connectivity index (χ1n) is 6.88. The first-order chi connectivity index (χ1) is 10.6. The van der Waals surface area contributed by atoms with Gasteiger partial charge >= 0.3 is 5.97 Å². The second-order valence-corrected chi connectivity index (χ2v) is 5.03. The fourth-order valence-corrected chi connectivity index (χ4v) is 2.30. The quantitative estimate of drug-likeness (QED) is 0.392. The van der Waals surface area contributed by atoms with E-state index in [1.807, 2.05) is 6.08 Å². The third-order valence-corrected chi connectivity index (χ3v) is 3.53. The molecular formula is C16H15N3O3. The largest absolute Gasteiger partial charge is 0.481 e. The molecule has 0 radical (unpaired) electrons. The molecule has 1 aliphatic carbocycles. The molecule has 0 amide bonds. The molecule has 1 aromatic carbocycles. The van der Waals surface area contributed by atoms with Crippen LogP contribution in [0.15, 0.2) is 47.1 Å². The molecule has 0 heterocycles. The number of azide groups is 1. The highest BCUT2D eigenvalue weighted by Crippen LogP contribution is 2.26. The number of carbonyl (C=O) groups is 2. The maximum atomic E-state index is 11.8. The van der Waals surface area contributed by atoms with Crippen molar-refractivity contribution in [2.75, 3.05) is 0 Å². The van der Waals surface area contributed by atoms with Gasteiger partial charge in [-0.2, -0.15) is 0 Å². The van der Waals surface area contributed by atoms with Crippen molar-refractivity contribution in [3.63, 3.8) is 0 Å². The Balaban J connectivity index is 2.07. The van der Waals surface area contributed by atoms with Crippen molar-refractivity contribution in [1.82, 2.24) is 0 Å². The van der Waals surface area contributed by atoms with Gasteiger partial charge in [-0.05, 0) is 29.5 Å². The fraction of sp³-hybridized carbons (Fsp3) is 0.250. The molecule has 1 aromatic rings. The predicted octanol–water partition coefficient (Wildman–Crippen LogP) is 4.02. The number of benzene rings is 1. The zero-order valence-corrected chi connectivity index (χ0v) is 11.8. The van der Waals surface area contributed by atoms with Gasteiger partial charge in [-0.3, -0.25) is 9.59 Å². The van der Waals surface area contributed by atoms with E-state index in [0.717, 1.165) is 5.56 Å².